The van der Waals surface area contributed by atoms with Gasteiger partial charge in [0.05, 0.1) is 26.3 Å². The molecule has 4 rings (SSSR count). The molecule has 2 aromatic rings. The van der Waals surface area contributed by atoms with E-state index in [1.54, 1.807) is 26.2 Å². The number of rotatable bonds is 8. The zero-order valence-corrected chi connectivity index (χ0v) is 20.1. The Labute approximate surface area is 195 Å². The Bertz CT molecular complexity index is 1030. The molecular weight excluding hydrogens is 422 g/mol. The summed E-state index contributed by atoms with van der Waals surface area (Å²) in [6.45, 7) is 3.18. The second kappa shape index (κ2) is 9.63. The van der Waals surface area contributed by atoms with E-state index in [4.69, 9.17) is 14.2 Å². The number of methoxy groups -OCH3 is 3. The molecule has 1 aliphatic carbocycles. The Morgan fingerprint density at radius 3 is 2.48 bits per heavy atom. The predicted molar refractivity (Wildman–Crippen MR) is 126 cm³/mol. The summed E-state index contributed by atoms with van der Waals surface area (Å²) in [5.41, 5.74) is 0.275. The SMILES string of the molecule is COCCCN1C(=O)c2cc3c(OC)ccc(OC)c3n2C[C@@]1(C)C(=O)NC1CCCCC1. The van der Waals surface area contributed by atoms with Gasteiger partial charge in [0.2, 0.25) is 5.91 Å². The molecule has 2 aliphatic rings. The van der Waals surface area contributed by atoms with Crippen LogP contribution in [-0.4, -0.2) is 67.3 Å². The van der Waals surface area contributed by atoms with Crippen LogP contribution in [0.25, 0.3) is 10.9 Å². The minimum atomic E-state index is -1.03. The van der Waals surface area contributed by atoms with Crippen molar-refractivity contribution in [2.75, 3.05) is 34.5 Å². The Balaban J connectivity index is 1.78. The highest BCUT2D eigenvalue weighted by Crippen LogP contribution is 2.40. The molecule has 8 nitrogen and oxygen atoms in total. The third-order valence-electron chi connectivity index (χ3n) is 7.11. The topological polar surface area (TPSA) is 82.0 Å². The van der Waals surface area contributed by atoms with Crippen LogP contribution in [0, 0.1) is 0 Å². The van der Waals surface area contributed by atoms with Gasteiger partial charge >= 0.3 is 0 Å². The Hall–Kier alpha value is -2.74. The van der Waals surface area contributed by atoms with E-state index in [1.807, 2.05) is 29.7 Å². The Morgan fingerprint density at radius 1 is 1.12 bits per heavy atom. The van der Waals surface area contributed by atoms with Gasteiger partial charge in [0.25, 0.3) is 5.91 Å². The first kappa shape index (κ1) is 23.4. The van der Waals surface area contributed by atoms with E-state index in [0.29, 0.717) is 43.3 Å². The number of aromatic nitrogens is 1. The molecule has 33 heavy (non-hydrogen) atoms. The maximum absolute atomic E-state index is 13.8. The largest absolute Gasteiger partial charge is 0.496 e. The molecule has 1 fully saturated rings. The highest BCUT2D eigenvalue weighted by Gasteiger charge is 2.48. The van der Waals surface area contributed by atoms with Crippen molar-refractivity contribution in [3.8, 4) is 11.5 Å². The quantitative estimate of drug-likeness (QED) is 0.615. The molecule has 1 saturated carbocycles. The van der Waals surface area contributed by atoms with Crippen molar-refractivity contribution in [3.05, 3.63) is 23.9 Å². The zero-order chi connectivity index (χ0) is 23.6. The summed E-state index contributed by atoms with van der Waals surface area (Å²) in [6, 6.07) is 5.68. The van der Waals surface area contributed by atoms with Crippen LogP contribution in [0.4, 0.5) is 0 Å². The molecule has 1 aromatic heterocycles. The van der Waals surface area contributed by atoms with E-state index in [0.717, 1.165) is 36.6 Å². The first-order chi connectivity index (χ1) is 15.9. The Morgan fingerprint density at radius 2 is 1.82 bits per heavy atom. The summed E-state index contributed by atoms with van der Waals surface area (Å²) in [5, 5.41) is 4.06. The molecule has 180 valence electrons. The van der Waals surface area contributed by atoms with Gasteiger partial charge in [-0.15, -0.1) is 0 Å². The Kier molecular flexibility index (Phi) is 6.83. The predicted octanol–water partition coefficient (Wildman–Crippen LogP) is 3.36. The maximum Gasteiger partial charge on any atom is 0.271 e. The van der Waals surface area contributed by atoms with Crippen LogP contribution in [0.15, 0.2) is 18.2 Å². The zero-order valence-electron chi connectivity index (χ0n) is 20.1. The van der Waals surface area contributed by atoms with E-state index >= 15 is 0 Å². The third kappa shape index (κ3) is 4.16. The fraction of sp³-hybridized carbons (Fsp3) is 0.600. The number of nitrogens with one attached hydrogen (secondary N) is 1. The fourth-order valence-electron chi connectivity index (χ4n) is 5.26. The van der Waals surface area contributed by atoms with E-state index in [2.05, 4.69) is 5.32 Å². The summed E-state index contributed by atoms with van der Waals surface area (Å²) in [6.07, 6.45) is 6.10. The van der Waals surface area contributed by atoms with Gasteiger partial charge in [-0.05, 0) is 44.4 Å². The molecule has 1 aliphatic heterocycles. The smallest absolute Gasteiger partial charge is 0.271 e. The number of carbonyl (C=O) groups is 2. The molecule has 0 unspecified atom stereocenters. The van der Waals surface area contributed by atoms with Crippen molar-refractivity contribution in [1.29, 1.82) is 0 Å². The van der Waals surface area contributed by atoms with Gasteiger partial charge in [0, 0.05) is 31.7 Å². The normalized spacial score (nSPS) is 21.2. The lowest BCUT2D eigenvalue weighted by Crippen LogP contribution is -2.65. The van der Waals surface area contributed by atoms with Crippen molar-refractivity contribution in [2.45, 2.75) is 63.6 Å². The number of benzene rings is 1. The number of hydrogen-bond acceptors (Lipinski definition) is 5. The van der Waals surface area contributed by atoms with Crippen LogP contribution in [0.3, 0.4) is 0 Å². The summed E-state index contributed by atoms with van der Waals surface area (Å²) >= 11 is 0. The molecule has 0 radical (unpaired) electrons. The third-order valence-corrected chi connectivity index (χ3v) is 7.11. The van der Waals surface area contributed by atoms with Crippen molar-refractivity contribution in [3.63, 3.8) is 0 Å². The van der Waals surface area contributed by atoms with Crippen molar-refractivity contribution >= 4 is 22.7 Å². The monoisotopic (exact) mass is 457 g/mol. The van der Waals surface area contributed by atoms with Crippen molar-refractivity contribution in [1.82, 2.24) is 14.8 Å². The molecule has 8 heteroatoms. The minimum Gasteiger partial charge on any atom is -0.496 e. The van der Waals surface area contributed by atoms with E-state index in [1.165, 1.54) is 6.42 Å². The molecule has 0 bridgehead atoms. The van der Waals surface area contributed by atoms with Gasteiger partial charge < -0.3 is 29.0 Å². The summed E-state index contributed by atoms with van der Waals surface area (Å²) < 4.78 is 18.3. The summed E-state index contributed by atoms with van der Waals surface area (Å²) in [7, 11) is 4.86. The number of ether oxygens (including phenoxy) is 3. The van der Waals surface area contributed by atoms with Gasteiger partial charge in [0.1, 0.15) is 22.7 Å². The van der Waals surface area contributed by atoms with Crippen LogP contribution in [0.5, 0.6) is 11.5 Å². The highest BCUT2D eigenvalue weighted by atomic mass is 16.5. The van der Waals surface area contributed by atoms with E-state index in [-0.39, 0.29) is 17.9 Å². The molecule has 2 heterocycles. The standard InChI is InChI=1S/C25H35N3O5/c1-25(24(30)26-17-9-6-5-7-10-17)16-27-19(23(29)28(25)13-8-14-31-2)15-18-20(32-3)11-12-21(33-4)22(18)27/h11-12,15,17H,5-10,13-14,16H2,1-4H3,(H,26,30)/t25-/m0/s1. The first-order valence-electron chi connectivity index (χ1n) is 11.8. The van der Waals surface area contributed by atoms with Gasteiger partial charge in [-0.3, -0.25) is 9.59 Å². The number of carbonyl (C=O) groups excluding carboxylic acids is 2. The van der Waals surface area contributed by atoms with E-state index in [9.17, 15) is 9.59 Å². The molecule has 1 N–H and O–H groups in total. The highest BCUT2D eigenvalue weighted by molar-refractivity contribution is 6.05. The van der Waals surface area contributed by atoms with Gasteiger partial charge in [-0.1, -0.05) is 19.3 Å². The number of nitrogens with zero attached hydrogens (tertiary/aromatic N) is 2. The van der Waals surface area contributed by atoms with Crippen molar-refractivity contribution < 1.29 is 23.8 Å². The lowest BCUT2D eigenvalue weighted by molar-refractivity contribution is -0.133. The average molecular weight is 458 g/mol. The van der Waals surface area contributed by atoms with Crippen LogP contribution < -0.4 is 14.8 Å². The molecule has 1 atom stereocenters. The second-order valence-electron chi connectivity index (χ2n) is 9.23. The van der Waals surface area contributed by atoms with Crippen LogP contribution in [-0.2, 0) is 16.1 Å². The van der Waals surface area contributed by atoms with Crippen molar-refractivity contribution in [2.24, 2.45) is 0 Å². The van der Waals surface area contributed by atoms with Gasteiger partial charge in [0.15, 0.2) is 0 Å². The fourth-order valence-corrected chi connectivity index (χ4v) is 5.26. The first-order valence-corrected chi connectivity index (χ1v) is 11.8. The molecular formula is C25H35N3O5. The number of hydrogen-bond donors (Lipinski definition) is 1. The molecule has 2 amide bonds. The molecule has 0 spiro atoms. The average Bonchev–Trinajstić information content (AvgIpc) is 3.21. The number of amides is 2. The summed E-state index contributed by atoms with van der Waals surface area (Å²) in [5.74, 6) is 1.04. The lowest BCUT2D eigenvalue weighted by Gasteiger charge is -2.45. The molecule has 0 saturated heterocycles. The van der Waals surface area contributed by atoms with Crippen LogP contribution >= 0.6 is 0 Å². The second-order valence-corrected chi connectivity index (χ2v) is 9.23. The lowest BCUT2D eigenvalue weighted by atomic mass is 9.91. The van der Waals surface area contributed by atoms with Crippen LogP contribution in [0.1, 0.15) is 55.9 Å². The van der Waals surface area contributed by atoms with Gasteiger partial charge in [-0.2, -0.15) is 0 Å². The molecule has 1 aromatic carbocycles. The minimum absolute atomic E-state index is 0.102. The number of fused-ring (bicyclic) bond motifs is 3. The van der Waals surface area contributed by atoms with Crippen LogP contribution in [0.2, 0.25) is 0 Å². The summed E-state index contributed by atoms with van der Waals surface area (Å²) in [4.78, 5) is 29.2. The van der Waals surface area contributed by atoms with Gasteiger partial charge in [-0.25, -0.2) is 0 Å². The van der Waals surface area contributed by atoms with E-state index < -0.39 is 5.54 Å². The maximum atomic E-state index is 13.8.